The smallest absolute Gasteiger partial charge is 0.119 e. The van der Waals surface area contributed by atoms with Gasteiger partial charge < -0.3 is 4.74 Å². The van der Waals surface area contributed by atoms with Gasteiger partial charge in [-0.05, 0) is 36.4 Å². The van der Waals surface area contributed by atoms with Gasteiger partial charge in [0.05, 0.1) is 7.11 Å². The summed E-state index contributed by atoms with van der Waals surface area (Å²) in [7, 11) is 1.67. The minimum absolute atomic E-state index is 0.866. The molecule has 0 aromatic heterocycles. The van der Waals surface area contributed by atoms with Crippen LogP contribution in [0.15, 0.2) is 29.8 Å². The van der Waals surface area contributed by atoms with Gasteiger partial charge in [-0.15, -0.1) is 0 Å². The number of rotatable bonds is 2. The average molecular weight is 188 g/mol. The topological polar surface area (TPSA) is 9.23 Å². The van der Waals surface area contributed by atoms with Crippen LogP contribution < -0.4 is 15.2 Å². The second-order valence-electron chi connectivity index (χ2n) is 3.48. The van der Waals surface area contributed by atoms with Crippen molar-refractivity contribution in [3.05, 3.63) is 40.3 Å². The third kappa shape index (κ3) is 2.77. The molecule has 0 amide bonds. The Morgan fingerprint density at radius 3 is 2.64 bits per heavy atom. The first kappa shape index (κ1) is 10.6. The van der Waals surface area contributed by atoms with Gasteiger partial charge in [0.1, 0.15) is 5.75 Å². The lowest BCUT2D eigenvalue weighted by molar-refractivity contribution is 0.414. The van der Waals surface area contributed by atoms with Gasteiger partial charge in [0, 0.05) is 0 Å². The highest BCUT2D eigenvalue weighted by Gasteiger charge is 1.88. The van der Waals surface area contributed by atoms with Crippen molar-refractivity contribution in [1.82, 2.24) is 0 Å². The number of allylic oxidation sites excluding steroid dienone is 2. The molecule has 0 fully saturated rings. The van der Waals surface area contributed by atoms with Crippen LogP contribution in [-0.2, 0) is 0 Å². The Morgan fingerprint density at radius 1 is 1.36 bits per heavy atom. The predicted octanol–water partition coefficient (Wildman–Crippen LogP) is 1.85. The van der Waals surface area contributed by atoms with E-state index in [1.165, 1.54) is 5.57 Å². The molecule has 0 saturated heterocycles. The average Bonchev–Trinajstić information content (AvgIpc) is 2.16. The molecule has 0 radical (unpaired) electrons. The van der Waals surface area contributed by atoms with Crippen molar-refractivity contribution < 1.29 is 4.74 Å². The van der Waals surface area contributed by atoms with Gasteiger partial charge in [-0.3, -0.25) is 0 Å². The van der Waals surface area contributed by atoms with E-state index in [2.05, 4.69) is 32.6 Å². The normalized spacial score (nSPS) is 11.2. The van der Waals surface area contributed by atoms with E-state index in [1.54, 1.807) is 7.11 Å². The molecule has 0 unspecified atom stereocenters. The summed E-state index contributed by atoms with van der Waals surface area (Å²) in [6.45, 7) is 8.10. The Hall–Kier alpha value is -1.50. The van der Waals surface area contributed by atoms with Gasteiger partial charge in [0.25, 0.3) is 0 Å². The molecule has 1 nitrogen and oxygen atoms in total. The molecule has 1 aromatic carbocycles. The highest BCUT2D eigenvalue weighted by Crippen LogP contribution is 2.01. The molecule has 1 rings (SSSR count). The highest BCUT2D eigenvalue weighted by molar-refractivity contribution is 5.41. The van der Waals surface area contributed by atoms with E-state index < -0.39 is 0 Å². The van der Waals surface area contributed by atoms with Gasteiger partial charge in [0.2, 0.25) is 0 Å². The predicted molar refractivity (Wildman–Crippen MR) is 61.7 cm³/mol. The van der Waals surface area contributed by atoms with E-state index in [0.717, 1.165) is 16.2 Å². The van der Waals surface area contributed by atoms with Gasteiger partial charge >= 0.3 is 0 Å². The molecule has 0 saturated carbocycles. The summed E-state index contributed by atoms with van der Waals surface area (Å²) < 4.78 is 5.15. The van der Waals surface area contributed by atoms with Crippen LogP contribution in [0.5, 0.6) is 5.75 Å². The molecule has 14 heavy (non-hydrogen) atoms. The Balaban J connectivity index is 3.26. The molecule has 0 heterocycles. The highest BCUT2D eigenvalue weighted by atomic mass is 16.5. The molecule has 0 spiro atoms. The summed E-state index contributed by atoms with van der Waals surface area (Å²) in [6, 6.07) is 5.87. The zero-order valence-electron chi connectivity index (χ0n) is 9.00. The lowest BCUT2D eigenvalue weighted by Gasteiger charge is -1.97. The zero-order chi connectivity index (χ0) is 10.6. The minimum Gasteiger partial charge on any atom is -0.497 e. The summed E-state index contributed by atoms with van der Waals surface area (Å²) >= 11 is 0. The molecular formula is C13H16O. The van der Waals surface area contributed by atoms with E-state index in [0.29, 0.717) is 0 Å². The molecule has 0 aliphatic rings. The van der Waals surface area contributed by atoms with Gasteiger partial charge in [-0.2, -0.15) is 0 Å². The molecule has 1 aromatic rings. The lowest BCUT2D eigenvalue weighted by atomic mass is 10.2. The maximum absolute atomic E-state index is 5.15. The van der Waals surface area contributed by atoms with E-state index in [4.69, 9.17) is 4.74 Å². The van der Waals surface area contributed by atoms with Crippen molar-refractivity contribution in [3.8, 4) is 5.75 Å². The summed E-state index contributed by atoms with van der Waals surface area (Å²) in [4.78, 5) is 0. The molecule has 0 aliphatic carbocycles. The molecule has 0 atom stereocenters. The Bertz CT molecular complexity index is 437. The van der Waals surface area contributed by atoms with Crippen molar-refractivity contribution in [2.75, 3.05) is 7.11 Å². The van der Waals surface area contributed by atoms with Crippen LogP contribution in [-0.4, -0.2) is 7.11 Å². The summed E-state index contributed by atoms with van der Waals surface area (Å²) in [5, 5.41) is 2.12. The van der Waals surface area contributed by atoms with Crippen LogP contribution in [0, 0.1) is 0 Å². The van der Waals surface area contributed by atoms with E-state index in [1.807, 2.05) is 18.2 Å². The van der Waals surface area contributed by atoms with Crippen LogP contribution in [0.4, 0.5) is 0 Å². The van der Waals surface area contributed by atoms with Crippen LogP contribution in [0.3, 0.4) is 0 Å². The van der Waals surface area contributed by atoms with Crippen LogP contribution in [0.2, 0.25) is 0 Å². The van der Waals surface area contributed by atoms with Gasteiger partial charge in [0.15, 0.2) is 0 Å². The van der Waals surface area contributed by atoms with Crippen molar-refractivity contribution in [3.63, 3.8) is 0 Å². The second kappa shape index (κ2) is 4.66. The molecule has 0 aliphatic heterocycles. The molecule has 74 valence electrons. The third-order valence-corrected chi connectivity index (χ3v) is 1.95. The van der Waals surface area contributed by atoms with Crippen molar-refractivity contribution in [1.29, 1.82) is 0 Å². The van der Waals surface area contributed by atoms with Crippen LogP contribution in [0.25, 0.3) is 12.7 Å². The fraction of sp³-hybridized carbons (Fsp3) is 0.231. The number of methoxy groups -OCH3 is 1. The second-order valence-corrected chi connectivity index (χ2v) is 3.48. The molecule has 1 heteroatoms. The molecule has 0 bridgehead atoms. The van der Waals surface area contributed by atoms with E-state index in [-0.39, 0.29) is 0 Å². The SMILES string of the molecule is C=c1ccc(OC)c/c1=C/C=C(C)C. The fourth-order valence-electron chi connectivity index (χ4n) is 1.11. The number of benzene rings is 1. The van der Waals surface area contributed by atoms with Gasteiger partial charge in [-0.25, -0.2) is 0 Å². The summed E-state index contributed by atoms with van der Waals surface area (Å²) in [5.74, 6) is 0.866. The Morgan fingerprint density at radius 2 is 2.07 bits per heavy atom. The maximum Gasteiger partial charge on any atom is 0.119 e. The number of ether oxygens (including phenoxy) is 1. The first-order valence-electron chi connectivity index (χ1n) is 4.61. The summed E-state index contributed by atoms with van der Waals surface area (Å²) in [5.41, 5.74) is 1.27. The number of hydrogen-bond acceptors (Lipinski definition) is 1. The molecule has 0 N–H and O–H groups in total. The largest absolute Gasteiger partial charge is 0.497 e. The van der Waals surface area contributed by atoms with Crippen LogP contribution in [0.1, 0.15) is 13.8 Å². The van der Waals surface area contributed by atoms with Crippen molar-refractivity contribution in [2.45, 2.75) is 13.8 Å². The zero-order valence-corrected chi connectivity index (χ0v) is 9.00. The minimum atomic E-state index is 0.866. The standard InChI is InChI=1S/C13H16O/c1-10(2)5-7-12-9-13(14-4)8-6-11(12)3/h5-9H,3H2,1-2,4H3/b12-7-. The first-order chi connectivity index (χ1) is 6.63. The van der Waals surface area contributed by atoms with E-state index >= 15 is 0 Å². The van der Waals surface area contributed by atoms with Gasteiger partial charge in [-0.1, -0.05) is 30.4 Å². The Kier molecular flexibility index (Phi) is 3.52. The lowest BCUT2D eigenvalue weighted by Crippen LogP contribution is -2.22. The van der Waals surface area contributed by atoms with Crippen molar-refractivity contribution in [2.24, 2.45) is 0 Å². The number of hydrogen-bond donors (Lipinski definition) is 0. The quantitative estimate of drug-likeness (QED) is 0.688. The van der Waals surface area contributed by atoms with Crippen molar-refractivity contribution >= 4 is 12.7 Å². The van der Waals surface area contributed by atoms with E-state index in [9.17, 15) is 0 Å². The maximum atomic E-state index is 5.15. The first-order valence-corrected chi connectivity index (χ1v) is 4.61. The van der Waals surface area contributed by atoms with Crippen LogP contribution >= 0.6 is 0 Å². The third-order valence-electron chi connectivity index (χ3n) is 1.95. The fourth-order valence-corrected chi connectivity index (χ4v) is 1.11. The monoisotopic (exact) mass is 188 g/mol. The Labute approximate surface area is 85.0 Å². The molecular weight excluding hydrogens is 172 g/mol. The summed E-state index contributed by atoms with van der Waals surface area (Å²) in [6.07, 6.45) is 4.13.